The third-order valence-electron chi connectivity index (χ3n) is 4.65. The van der Waals surface area contributed by atoms with Gasteiger partial charge in [0.05, 0.1) is 13.2 Å². The van der Waals surface area contributed by atoms with Gasteiger partial charge in [-0.3, -0.25) is 9.59 Å². The highest BCUT2D eigenvalue weighted by Crippen LogP contribution is 2.26. The average molecular weight is 370 g/mol. The van der Waals surface area contributed by atoms with Crippen molar-refractivity contribution in [2.45, 2.75) is 25.8 Å². The van der Waals surface area contributed by atoms with E-state index < -0.39 is 5.82 Å². The highest BCUT2D eigenvalue weighted by Gasteiger charge is 2.30. The molecule has 3 rings (SSSR count). The van der Waals surface area contributed by atoms with Gasteiger partial charge in [-0.25, -0.2) is 4.39 Å². The van der Waals surface area contributed by atoms with E-state index in [-0.39, 0.29) is 23.6 Å². The lowest BCUT2D eigenvalue weighted by Crippen LogP contribution is -2.37. The van der Waals surface area contributed by atoms with Crippen LogP contribution >= 0.6 is 0 Å². The van der Waals surface area contributed by atoms with E-state index in [9.17, 15) is 14.0 Å². The normalized spacial score (nSPS) is 16.5. The van der Waals surface area contributed by atoms with Gasteiger partial charge in [0.2, 0.25) is 5.91 Å². The topological polar surface area (TPSA) is 58.6 Å². The van der Waals surface area contributed by atoms with Crippen LogP contribution in [-0.2, 0) is 4.79 Å². The number of benzene rings is 2. The zero-order chi connectivity index (χ0) is 19.4. The van der Waals surface area contributed by atoms with E-state index in [1.807, 2.05) is 13.0 Å². The molecule has 2 aromatic carbocycles. The molecule has 0 radical (unpaired) electrons. The molecular formula is C21H23FN2O3. The number of ether oxygens (including phenoxy) is 1. The first kappa shape index (κ1) is 18.9. The summed E-state index contributed by atoms with van der Waals surface area (Å²) in [6.45, 7) is 3.28. The number of nitrogens with zero attached hydrogens (tertiary/aromatic N) is 1. The summed E-state index contributed by atoms with van der Waals surface area (Å²) in [5.41, 5.74) is 1.87. The number of carbonyl (C=O) groups is 2. The molecule has 1 aliphatic rings. The molecule has 2 amide bonds. The predicted molar refractivity (Wildman–Crippen MR) is 101 cm³/mol. The Kier molecular flexibility index (Phi) is 5.74. The van der Waals surface area contributed by atoms with Crippen molar-refractivity contribution in [3.8, 4) is 16.9 Å². The van der Waals surface area contributed by atoms with Gasteiger partial charge >= 0.3 is 0 Å². The molecule has 5 nitrogen and oxygen atoms in total. The van der Waals surface area contributed by atoms with E-state index in [0.717, 1.165) is 12.0 Å². The van der Waals surface area contributed by atoms with Crippen molar-refractivity contribution in [3.63, 3.8) is 0 Å². The second kappa shape index (κ2) is 8.20. The van der Waals surface area contributed by atoms with Crippen molar-refractivity contribution in [2.75, 3.05) is 20.2 Å². The fraction of sp³-hybridized carbons (Fsp3) is 0.333. The van der Waals surface area contributed by atoms with E-state index in [0.29, 0.717) is 30.6 Å². The Morgan fingerprint density at radius 1 is 1.26 bits per heavy atom. The number of halogens is 1. The number of amides is 2. The van der Waals surface area contributed by atoms with Gasteiger partial charge < -0.3 is 15.0 Å². The fourth-order valence-electron chi connectivity index (χ4n) is 3.31. The van der Waals surface area contributed by atoms with Crippen LogP contribution in [0.2, 0.25) is 0 Å². The summed E-state index contributed by atoms with van der Waals surface area (Å²) in [6, 6.07) is 11.5. The lowest BCUT2D eigenvalue weighted by molar-refractivity contribution is -0.127. The summed E-state index contributed by atoms with van der Waals surface area (Å²) < 4.78 is 18.9. The molecule has 1 N–H and O–H groups in total. The van der Waals surface area contributed by atoms with Crippen LogP contribution in [0, 0.1) is 5.82 Å². The zero-order valence-corrected chi connectivity index (χ0v) is 15.5. The van der Waals surface area contributed by atoms with E-state index in [1.54, 1.807) is 35.2 Å². The Labute approximate surface area is 158 Å². The molecule has 1 saturated heterocycles. The van der Waals surface area contributed by atoms with Gasteiger partial charge in [-0.1, -0.05) is 25.1 Å². The van der Waals surface area contributed by atoms with Crippen LogP contribution in [0.25, 0.3) is 11.1 Å². The summed E-state index contributed by atoms with van der Waals surface area (Å²) >= 11 is 0. The number of hydrogen-bond acceptors (Lipinski definition) is 3. The number of hydrogen-bond donors (Lipinski definition) is 1. The van der Waals surface area contributed by atoms with Crippen LogP contribution in [0.1, 0.15) is 30.1 Å². The Bertz CT molecular complexity index is 853. The second-order valence-electron chi connectivity index (χ2n) is 6.64. The van der Waals surface area contributed by atoms with Crippen molar-refractivity contribution >= 4 is 11.8 Å². The molecule has 0 aromatic heterocycles. The highest BCUT2D eigenvalue weighted by atomic mass is 19.1. The first-order valence-electron chi connectivity index (χ1n) is 9.04. The van der Waals surface area contributed by atoms with Gasteiger partial charge in [-0.05, 0) is 41.8 Å². The maximum Gasteiger partial charge on any atom is 0.251 e. The van der Waals surface area contributed by atoms with Crippen LogP contribution in [-0.4, -0.2) is 43.0 Å². The van der Waals surface area contributed by atoms with Crippen LogP contribution in [0.5, 0.6) is 5.75 Å². The molecule has 0 aliphatic carbocycles. The van der Waals surface area contributed by atoms with Crippen molar-refractivity contribution in [2.24, 2.45) is 0 Å². The van der Waals surface area contributed by atoms with Crippen molar-refractivity contribution in [1.82, 2.24) is 10.2 Å². The largest absolute Gasteiger partial charge is 0.494 e. The van der Waals surface area contributed by atoms with Gasteiger partial charge in [0.1, 0.15) is 0 Å². The maximum absolute atomic E-state index is 14.0. The Morgan fingerprint density at radius 3 is 2.74 bits per heavy atom. The van der Waals surface area contributed by atoms with Crippen molar-refractivity contribution < 1.29 is 18.7 Å². The Balaban J connectivity index is 1.73. The van der Waals surface area contributed by atoms with Crippen LogP contribution in [0.15, 0.2) is 42.5 Å². The van der Waals surface area contributed by atoms with E-state index in [2.05, 4.69) is 5.32 Å². The Hall–Kier alpha value is -2.89. The van der Waals surface area contributed by atoms with Gasteiger partial charge in [0, 0.05) is 25.1 Å². The molecule has 1 unspecified atom stereocenters. The first-order chi connectivity index (χ1) is 13.0. The van der Waals surface area contributed by atoms with E-state index >= 15 is 0 Å². The minimum absolute atomic E-state index is 0.0737. The summed E-state index contributed by atoms with van der Waals surface area (Å²) in [4.78, 5) is 26.3. The van der Waals surface area contributed by atoms with Crippen LogP contribution < -0.4 is 10.1 Å². The summed E-state index contributed by atoms with van der Waals surface area (Å²) in [5.74, 6) is -0.438. The Morgan fingerprint density at radius 2 is 2.04 bits per heavy atom. The maximum atomic E-state index is 14.0. The minimum atomic E-state index is -0.453. The molecule has 1 heterocycles. The molecule has 0 saturated carbocycles. The molecule has 2 aromatic rings. The van der Waals surface area contributed by atoms with Crippen LogP contribution in [0.3, 0.4) is 0 Å². The van der Waals surface area contributed by atoms with Gasteiger partial charge in [-0.2, -0.15) is 0 Å². The summed E-state index contributed by atoms with van der Waals surface area (Å²) in [5, 5.41) is 2.93. The monoisotopic (exact) mass is 370 g/mol. The fourth-order valence-corrected chi connectivity index (χ4v) is 3.31. The number of likely N-dealkylation sites (tertiary alicyclic amines) is 1. The molecule has 6 heteroatoms. The molecule has 0 spiro atoms. The van der Waals surface area contributed by atoms with Crippen molar-refractivity contribution in [1.29, 1.82) is 0 Å². The standard InChI is InChI=1S/C21H23FN2O3/c1-3-9-24-13-17(12-20(24)25)23-21(26)16-6-4-5-14(10-16)15-7-8-19(27-2)18(22)11-15/h4-8,10-11,17H,3,9,12-13H2,1-2H3,(H,23,26). The number of carbonyl (C=O) groups excluding carboxylic acids is 2. The average Bonchev–Trinajstić information content (AvgIpc) is 3.01. The molecule has 0 bridgehead atoms. The van der Waals surface area contributed by atoms with Gasteiger partial charge in [-0.15, -0.1) is 0 Å². The lowest BCUT2D eigenvalue weighted by Gasteiger charge is -2.16. The molecule has 1 fully saturated rings. The molecule has 142 valence electrons. The third kappa shape index (κ3) is 4.27. The SMILES string of the molecule is CCCN1CC(NC(=O)c2cccc(-c3ccc(OC)c(F)c3)c2)CC1=O. The summed E-state index contributed by atoms with van der Waals surface area (Å²) in [6.07, 6.45) is 1.22. The van der Waals surface area contributed by atoms with E-state index in [4.69, 9.17) is 4.74 Å². The predicted octanol–water partition coefficient (Wildman–Crippen LogP) is 3.24. The van der Waals surface area contributed by atoms with E-state index in [1.165, 1.54) is 13.2 Å². The summed E-state index contributed by atoms with van der Waals surface area (Å²) in [7, 11) is 1.42. The smallest absolute Gasteiger partial charge is 0.251 e. The highest BCUT2D eigenvalue weighted by molar-refractivity contribution is 5.96. The molecule has 27 heavy (non-hydrogen) atoms. The molecule has 1 aliphatic heterocycles. The number of methoxy groups -OCH3 is 1. The zero-order valence-electron chi connectivity index (χ0n) is 15.5. The number of rotatable bonds is 6. The van der Waals surface area contributed by atoms with Crippen molar-refractivity contribution in [3.05, 3.63) is 53.8 Å². The second-order valence-corrected chi connectivity index (χ2v) is 6.64. The lowest BCUT2D eigenvalue weighted by atomic mass is 10.0. The first-order valence-corrected chi connectivity index (χ1v) is 9.04. The quantitative estimate of drug-likeness (QED) is 0.849. The number of nitrogens with one attached hydrogen (secondary N) is 1. The van der Waals surface area contributed by atoms with Gasteiger partial charge in [0.15, 0.2) is 11.6 Å². The van der Waals surface area contributed by atoms with Gasteiger partial charge in [0.25, 0.3) is 5.91 Å². The molecular weight excluding hydrogens is 347 g/mol. The third-order valence-corrected chi connectivity index (χ3v) is 4.65. The molecule has 1 atom stereocenters. The minimum Gasteiger partial charge on any atom is -0.494 e. The van der Waals surface area contributed by atoms with Crippen LogP contribution in [0.4, 0.5) is 4.39 Å².